The molecule has 1 aliphatic heterocycles. The highest BCUT2D eigenvalue weighted by Gasteiger charge is 2.24. The van der Waals surface area contributed by atoms with Crippen molar-refractivity contribution in [3.8, 4) is 18.1 Å². The Bertz CT molecular complexity index is 1830. The Hall–Kier alpha value is -4.90. The van der Waals surface area contributed by atoms with Gasteiger partial charge in [-0.25, -0.2) is 14.2 Å². The Morgan fingerprint density at radius 3 is 2.81 bits per heavy atom. The second-order valence-corrected chi connectivity index (χ2v) is 8.97. The minimum absolute atomic E-state index is 0.253. The zero-order chi connectivity index (χ0) is 25.7. The molecule has 6 rings (SSSR count). The molecular weight excluding hydrogens is 471 g/mol. The number of aromatic amines is 1. The number of H-pyrrole nitrogens is 1. The van der Waals surface area contributed by atoms with E-state index in [-0.39, 0.29) is 6.61 Å². The molecule has 5 aromatic rings. The number of nitrogens with one attached hydrogen (secondary N) is 1. The molecule has 182 valence electrons. The first-order valence-corrected chi connectivity index (χ1v) is 11.7. The number of allylic oxidation sites excluding steroid dienone is 1. The van der Waals surface area contributed by atoms with Crippen LogP contribution in [0.4, 0.5) is 4.39 Å². The van der Waals surface area contributed by atoms with Crippen LogP contribution in [0, 0.1) is 25.1 Å². The largest absolute Gasteiger partial charge is 0.488 e. The summed E-state index contributed by atoms with van der Waals surface area (Å²) in [5.74, 6) is 2.33. The minimum atomic E-state index is -0.646. The van der Waals surface area contributed by atoms with Crippen LogP contribution in [0.5, 0.6) is 5.75 Å². The Balaban J connectivity index is 1.47. The number of aryl methyl sites for hydroxylation is 1. The topological polar surface area (TPSA) is 85.4 Å². The summed E-state index contributed by atoms with van der Waals surface area (Å²) in [4.78, 5) is 18.9. The SMILES string of the molecule is C#Cc1ccn2c(Cc3ccc4c(c3)COc3cc(F)ccc3C4=C(C)c3noc(=O)[nH]3)c(C)nc2c1. The average molecular weight is 493 g/mol. The molecule has 0 atom stereocenters. The van der Waals surface area contributed by atoms with Gasteiger partial charge in [-0.15, -0.1) is 6.42 Å². The minimum Gasteiger partial charge on any atom is -0.488 e. The highest BCUT2D eigenvalue weighted by atomic mass is 19.1. The number of terminal acetylenes is 1. The van der Waals surface area contributed by atoms with Crippen molar-refractivity contribution in [2.24, 2.45) is 0 Å². The molecule has 0 unspecified atom stereocenters. The number of rotatable bonds is 3. The fraction of sp³-hybridized carbons (Fsp3) is 0.138. The van der Waals surface area contributed by atoms with E-state index in [1.54, 1.807) is 6.07 Å². The van der Waals surface area contributed by atoms with E-state index in [1.807, 2.05) is 42.6 Å². The van der Waals surface area contributed by atoms with Crippen molar-refractivity contribution in [3.05, 3.63) is 116 Å². The van der Waals surface area contributed by atoms with Crippen molar-refractivity contribution < 1.29 is 13.7 Å². The van der Waals surface area contributed by atoms with Crippen LogP contribution in [0.3, 0.4) is 0 Å². The number of halogens is 1. The fourth-order valence-corrected chi connectivity index (χ4v) is 4.87. The number of pyridine rings is 1. The van der Waals surface area contributed by atoms with Crippen LogP contribution in [0.2, 0.25) is 0 Å². The first kappa shape index (κ1) is 22.6. The zero-order valence-corrected chi connectivity index (χ0v) is 20.1. The molecule has 0 fully saturated rings. The molecule has 1 N–H and O–H groups in total. The lowest BCUT2D eigenvalue weighted by molar-refractivity contribution is 0.305. The van der Waals surface area contributed by atoms with Gasteiger partial charge in [-0.3, -0.25) is 9.51 Å². The lowest BCUT2D eigenvalue weighted by Gasteiger charge is -2.14. The summed E-state index contributed by atoms with van der Waals surface area (Å²) in [6.45, 7) is 4.08. The molecule has 0 bridgehead atoms. The van der Waals surface area contributed by atoms with Gasteiger partial charge in [-0.2, -0.15) is 0 Å². The highest BCUT2D eigenvalue weighted by Crippen LogP contribution is 2.41. The van der Waals surface area contributed by atoms with Crippen molar-refractivity contribution in [1.82, 2.24) is 19.5 Å². The number of aromatic nitrogens is 4. The monoisotopic (exact) mass is 492 g/mol. The van der Waals surface area contributed by atoms with Crippen molar-refractivity contribution in [1.29, 1.82) is 0 Å². The van der Waals surface area contributed by atoms with E-state index in [2.05, 4.69) is 33.2 Å². The number of hydrogen-bond donors (Lipinski definition) is 1. The molecule has 7 nitrogen and oxygen atoms in total. The second-order valence-electron chi connectivity index (χ2n) is 8.97. The lowest BCUT2D eigenvalue weighted by atomic mass is 9.89. The maximum atomic E-state index is 14.1. The molecular formula is C29H21FN4O3. The van der Waals surface area contributed by atoms with Crippen LogP contribution in [-0.2, 0) is 13.0 Å². The summed E-state index contributed by atoms with van der Waals surface area (Å²) in [6, 6.07) is 14.4. The summed E-state index contributed by atoms with van der Waals surface area (Å²) >= 11 is 0. The Kier molecular flexibility index (Phi) is 5.27. The van der Waals surface area contributed by atoms with E-state index in [9.17, 15) is 9.18 Å². The van der Waals surface area contributed by atoms with Gasteiger partial charge in [0.05, 0.1) is 5.69 Å². The lowest BCUT2D eigenvalue weighted by Crippen LogP contribution is -2.02. The first-order chi connectivity index (χ1) is 17.9. The van der Waals surface area contributed by atoms with Crippen LogP contribution >= 0.6 is 0 Å². The Morgan fingerprint density at radius 2 is 2.03 bits per heavy atom. The van der Waals surface area contributed by atoms with E-state index < -0.39 is 11.6 Å². The van der Waals surface area contributed by atoms with Crippen LogP contribution in [0.15, 0.2) is 64.0 Å². The molecule has 2 aromatic carbocycles. The van der Waals surface area contributed by atoms with Gasteiger partial charge in [0.1, 0.15) is 23.8 Å². The quantitative estimate of drug-likeness (QED) is 0.362. The predicted molar refractivity (Wildman–Crippen MR) is 137 cm³/mol. The summed E-state index contributed by atoms with van der Waals surface area (Å²) in [6.07, 6.45) is 8.14. The average Bonchev–Trinajstić information content (AvgIpc) is 3.41. The first-order valence-electron chi connectivity index (χ1n) is 11.7. The van der Waals surface area contributed by atoms with Crippen molar-refractivity contribution in [2.75, 3.05) is 0 Å². The molecule has 4 heterocycles. The van der Waals surface area contributed by atoms with Gasteiger partial charge < -0.3 is 9.14 Å². The van der Waals surface area contributed by atoms with Crippen LogP contribution in [-0.4, -0.2) is 19.5 Å². The molecule has 0 saturated carbocycles. The number of ether oxygens (including phenoxy) is 1. The number of hydrogen-bond acceptors (Lipinski definition) is 5. The Morgan fingerprint density at radius 1 is 1.19 bits per heavy atom. The van der Waals surface area contributed by atoms with E-state index in [0.29, 0.717) is 29.1 Å². The molecule has 0 amide bonds. The predicted octanol–water partition coefficient (Wildman–Crippen LogP) is 4.90. The third-order valence-electron chi connectivity index (χ3n) is 6.67. The van der Waals surface area contributed by atoms with E-state index in [4.69, 9.17) is 15.7 Å². The van der Waals surface area contributed by atoms with Crippen molar-refractivity contribution in [2.45, 2.75) is 26.9 Å². The van der Waals surface area contributed by atoms with E-state index >= 15 is 0 Å². The maximum absolute atomic E-state index is 14.1. The van der Waals surface area contributed by atoms with Gasteiger partial charge in [0.15, 0.2) is 5.82 Å². The van der Waals surface area contributed by atoms with Gasteiger partial charge in [-0.1, -0.05) is 29.3 Å². The molecule has 37 heavy (non-hydrogen) atoms. The van der Waals surface area contributed by atoms with E-state index in [0.717, 1.165) is 44.9 Å². The van der Waals surface area contributed by atoms with Gasteiger partial charge in [-0.05, 0) is 60.4 Å². The summed E-state index contributed by atoms with van der Waals surface area (Å²) < 4.78 is 27.0. The van der Waals surface area contributed by atoms with Gasteiger partial charge in [0.25, 0.3) is 0 Å². The summed E-state index contributed by atoms with van der Waals surface area (Å²) in [5.41, 5.74) is 8.64. The summed E-state index contributed by atoms with van der Waals surface area (Å²) in [5, 5.41) is 3.87. The smallest absolute Gasteiger partial charge is 0.439 e. The molecule has 0 saturated heterocycles. The van der Waals surface area contributed by atoms with Gasteiger partial charge in [0.2, 0.25) is 0 Å². The molecule has 8 heteroatoms. The summed E-state index contributed by atoms with van der Waals surface area (Å²) in [7, 11) is 0. The third kappa shape index (κ3) is 3.91. The maximum Gasteiger partial charge on any atom is 0.439 e. The van der Waals surface area contributed by atoms with Crippen LogP contribution < -0.4 is 10.5 Å². The standard InChI is InChI=1S/C29H21FN4O3/c1-4-18-9-10-34-24(17(3)31-26(34)13-18)12-19-5-7-22-20(11-19)15-36-25-14-21(30)6-8-23(25)27(22)16(2)28-32-29(35)37-33-28/h1,5-11,13-14H,12,15H2,2-3H3,(H,32,33,35). The van der Waals surface area contributed by atoms with E-state index in [1.165, 1.54) is 12.1 Å². The third-order valence-corrected chi connectivity index (χ3v) is 6.67. The molecule has 3 aromatic heterocycles. The van der Waals surface area contributed by atoms with Crippen molar-refractivity contribution >= 4 is 16.8 Å². The molecule has 0 radical (unpaired) electrons. The number of imidazole rings is 1. The molecule has 0 spiro atoms. The second kappa shape index (κ2) is 8.64. The molecule has 0 aliphatic carbocycles. The fourth-order valence-electron chi connectivity index (χ4n) is 4.87. The van der Waals surface area contributed by atoms with Crippen molar-refractivity contribution in [3.63, 3.8) is 0 Å². The highest BCUT2D eigenvalue weighted by molar-refractivity contribution is 5.99. The number of benzene rings is 2. The number of fused-ring (bicyclic) bond motifs is 3. The van der Waals surface area contributed by atoms with Gasteiger partial charge >= 0.3 is 5.76 Å². The zero-order valence-electron chi connectivity index (χ0n) is 20.1. The molecule has 1 aliphatic rings. The normalized spacial score (nSPS) is 13.9. The Labute approximate surface area is 211 Å². The number of nitrogens with zero attached hydrogens (tertiary/aromatic N) is 3. The van der Waals surface area contributed by atoms with Crippen LogP contribution in [0.1, 0.15) is 52.0 Å². The van der Waals surface area contributed by atoms with Gasteiger partial charge in [0, 0.05) is 41.1 Å². The van der Waals surface area contributed by atoms with Crippen LogP contribution in [0.25, 0.3) is 16.8 Å².